The predicted octanol–water partition coefficient (Wildman–Crippen LogP) is 3.40. The number of imidazole rings is 1. The van der Waals surface area contributed by atoms with Gasteiger partial charge in [0.05, 0.1) is 11.9 Å². The zero-order valence-electron chi connectivity index (χ0n) is 14.9. The summed E-state index contributed by atoms with van der Waals surface area (Å²) in [5.74, 6) is 3.12. The molecule has 1 unspecified atom stereocenters. The molecule has 1 N–H and O–H groups in total. The molecule has 1 fully saturated rings. The number of rotatable bonds is 5. The summed E-state index contributed by atoms with van der Waals surface area (Å²) < 4.78 is 5.15. The van der Waals surface area contributed by atoms with Gasteiger partial charge < -0.3 is 14.6 Å². The zero-order valence-corrected chi connectivity index (χ0v) is 14.9. The van der Waals surface area contributed by atoms with Crippen LogP contribution in [0.5, 0.6) is 0 Å². The predicted molar refractivity (Wildman–Crippen MR) is 101 cm³/mol. The fourth-order valence-electron chi connectivity index (χ4n) is 3.48. The number of nitrogens with zero attached hydrogens (tertiary/aromatic N) is 4. The standard InChI is InChI=1S/C20H23N5O/c1-26-14-18-21-10-9-19(24-18)25-11-5-8-16(13-25)20-22-12-17(23-20)15-6-3-2-4-7-15/h2-4,6-7,9-10,12,16H,5,8,11,13-14H2,1H3,(H,22,23). The second-order valence-electron chi connectivity index (χ2n) is 6.60. The second-order valence-corrected chi connectivity index (χ2v) is 6.60. The lowest BCUT2D eigenvalue weighted by Crippen LogP contribution is -2.35. The van der Waals surface area contributed by atoms with Crippen molar-refractivity contribution in [3.63, 3.8) is 0 Å². The molecule has 1 aliphatic rings. The Bertz CT molecular complexity index is 848. The Morgan fingerprint density at radius 1 is 1.19 bits per heavy atom. The van der Waals surface area contributed by atoms with Gasteiger partial charge in [-0.2, -0.15) is 0 Å². The minimum Gasteiger partial charge on any atom is -0.377 e. The van der Waals surface area contributed by atoms with Crippen LogP contribution in [0.1, 0.15) is 30.4 Å². The van der Waals surface area contributed by atoms with Gasteiger partial charge in [-0.3, -0.25) is 0 Å². The van der Waals surface area contributed by atoms with Crippen LogP contribution < -0.4 is 4.90 Å². The molecular weight excluding hydrogens is 326 g/mol. The Morgan fingerprint density at radius 2 is 2.08 bits per heavy atom. The Hall–Kier alpha value is -2.73. The Morgan fingerprint density at radius 3 is 2.92 bits per heavy atom. The number of hydrogen-bond acceptors (Lipinski definition) is 5. The summed E-state index contributed by atoms with van der Waals surface area (Å²) in [5.41, 5.74) is 2.24. The minimum atomic E-state index is 0.377. The molecule has 0 amide bonds. The number of methoxy groups -OCH3 is 1. The number of aromatic nitrogens is 4. The first-order valence-electron chi connectivity index (χ1n) is 8.99. The number of H-pyrrole nitrogens is 1. The number of benzene rings is 1. The zero-order chi connectivity index (χ0) is 17.8. The van der Waals surface area contributed by atoms with Crippen molar-refractivity contribution in [1.29, 1.82) is 0 Å². The highest BCUT2D eigenvalue weighted by Crippen LogP contribution is 2.29. The molecule has 1 aliphatic heterocycles. The van der Waals surface area contributed by atoms with Gasteiger partial charge in [-0.25, -0.2) is 15.0 Å². The first-order valence-corrected chi connectivity index (χ1v) is 8.99. The van der Waals surface area contributed by atoms with Gasteiger partial charge >= 0.3 is 0 Å². The maximum atomic E-state index is 5.15. The molecular formula is C20H23N5O. The highest BCUT2D eigenvalue weighted by molar-refractivity contribution is 5.58. The van der Waals surface area contributed by atoms with Crippen LogP contribution in [0.15, 0.2) is 48.8 Å². The molecule has 134 valence electrons. The number of nitrogens with one attached hydrogen (secondary N) is 1. The van der Waals surface area contributed by atoms with E-state index in [1.165, 1.54) is 5.56 Å². The molecule has 6 nitrogen and oxygen atoms in total. The lowest BCUT2D eigenvalue weighted by atomic mass is 9.97. The van der Waals surface area contributed by atoms with Crippen molar-refractivity contribution in [1.82, 2.24) is 19.9 Å². The van der Waals surface area contributed by atoms with E-state index in [1.807, 2.05) is 30.5 Å². The van der Waals surface area contributed by atoms with Crippen LogP contribution in [0.3, 0.4) is 0 Å². The van der Waals surface area contributed by atoms with Crippen LogP contribution in [0.4, 0.5) is 5.82 Å². The highest BCUT2D eigenvalue weighted by Gasteiger charge is 2.24. The third-order valence-corrected chi connectivity index (χ3v) is 4.78. The molecule has 1 atom stereocenters. The molecule has 6 heteroatoms. The average Bonchev–Trinajstić information content (AvgIpc) is 3.20. The Balaban J connectivity index is 1.50. The van der Waals surface area contributed by atoms with E-state index in [4.69, 9.17) is 4.74 Å². The normalized spacial score (nSPS) is 17.4. The lowest BCUT2D eigenvalue weighted by molar-refractivity contribution is 0.178. The van der Waals surface area contributed by atoms with E-state index in [1.54, 1.807) is 13.3 Å². The quantitative estimate of drug-likeness (QED) is 0.765. The van der Waals surface area contributed by atoms with Crippen molar-refractivity contribution in [2.75, 3.05) is 25.1 Å². The molecule has 0 saturated carbocycles. The SMILES string of the molecule is COCc1nccc(N2CCCC(c3ncc(-c4ccccc4)[nH]3)C2)n1. The average molecular weight is 349 g/mol. The Labute approximate surface area is 153 Å². The molecule has 0 bridgehead atoms. The first-order chi connectivity index (χ1) is 12.8. The van der Waals surface area contributed by atoms with E-state index in [-0.39, 0.29) is 0 Å². The summed E-state index contributed by atoms with van der Waals surface area (Å²) in [5, 5.41) is 0. The molecule has 0 aliphatic carbocycles. The van der Waals surface area contributed by atoms with Crippen LogP contribution in [-0.4, -0.2) is 40.1 Å². The number of ether oxygens (including phenoxy) is 1. The number of anilines is 1. The molecule has 1 saturated heterocycles. The summed E-state index contributed by atoms with van der Waals surface area (Å²) in [4.78, 5) is 19.4. The topological polar surface area (TPSA) is 66.9 Å². The van der Waals surface area contributed by atoms with Gasteiger partial charge in [-0.05, 0) is 24.5 Å². The summed E-state index contributed by atoms with van der Waals surface area (Å²) in [6.45, 7) is 2.35. The molecule has 0 radical (unpaired) electrons. The first kappa shape index (κ1) is 16.7. The van der Waals surface area contributed by atoms with E-state index < -0.39 is 0 Å². The van der Waals surface area contributed by atoms with Gasteiger partial charge in [0.25, 0.3) is 0 Å². The van der Waals surface area contributed by atoms with E-state index in [9.17, 15) is 0 Å². The van der Waals surface area contributed by atoms with Crippen LogP contribution in [0, 0.1) is 0 Å². The van der Waals surface area contributed by atoms with Crippen molar-refractivity contribution < 1.29 is 4.74 Å². The second kappa shape index (κ2) is 7.66. The number of hydrogen-bond donors (Lipinski definition) is 1. The van der Waals surface area contributed by atoms with Crippen molar-refractivity contribution in [2.45, 2.75) is 25.4 Å². The van der Waals surface area contributed by atoms with Crippen molar-refractivity contribution in [3.8, 4) is 11.3 Å². The van der Waals surface area contributed by atoms with Crippen LogP contribution in [0.2, 0.25) is 0 Å². The molecule has 0 spiro atoms. The van der Waals surface area contributed by atoms with Crippen LogP contribution in [-0.2, 0) is 11.3 Å². The van der Waals surface area contributed by atoms with Crippen molar-refractivity contribution in [2.24, 2.45) is 0 Å². The van der Waals surface area contributed by atoms with Gasteiger partial charge in [0.15, 0.2) is 5.82 Å². The van der Waals surface area contributed by atoms with E-state index >= 15 is 0 Å². The molecule has 26 heavy (non-hydrogen) atoms. The summed E-state index contributed by atoms with van der Waals surface area (Å²) in [6.07, 6.45) is 6.00. The lowest BCUT2D eigenvalue weighted by Gasteiger charge is -2.32. The van der Waals surface area contributed by atoms with Gasteiger partial charge in [-0.1, -0.05) is 30.3 Å². The fraction of sp³-hybridized carbons (Fsp3) is 0.350. The largest absolute Gasteiger partial charge is 0.377 e. The third-order valence-electron chi connectivity index (χ3n) is 4.78. The molecule has 4 rings (SSSR count). The minimum absolute atomic E-state index is 0.377. The van der Waals surface area contributed by atoms with E-state index in [0.29, 0.717) is 12.5 Å². The highest BCUT2D eigenvalue weighted by atomic mass is 16.5. The molecule has 1 aromatic carbocycles. The number of piperidine rings is 1. The van der Waals surface area contributed by atoms with Gasteiger partial charge in [0.2, 0.25) is 0 Å². The van der Waals surface area contributed by atoms with Gasteiger partial charge in [0, 0.05) is 32.3 Å². The molecule has 3 heterocycles. The fourth-order valence-corrected chi connectivity index (χ4v) is 3.48. The smallest absolute Gasteiger partial charge is 0.156 e. The molecule has 2 aromatic heterocycles. The molecule has 3 aromatic rings. The van der Waals surface area contributed by atoms with Crippen LogP contribution >= 0.6 is 0 Å². The summed E-state index contributed by atoms with van der Waals surface area (Å²) in [6, 6.07) is 12.3. The monoisotopic (exact) mass is 349 g/mol. The maximum absolute atomic E-state index is 5.15. The van der Waals surface area contributed by atoms with Crippen LogP contribution in [0.25, 0.3) is 11.3 Å². The number of aromatic amines is 1. The summed E-state index contributed by atoms with van der Waals surface area (Å²) >= 11 is 0. The third kappa shape index (κ3) is 3.60. The summed E-state index contributed by atoms with van der Waals surface area (Å²) in [7, 11) is 1.66. The maximum Gasteiger partial charge on any atom is 0.156 e. The van der Waals surface area contributed by atoms with E-state index in [2.05, 4.69) is 37.0 Å². The van der Waals surface area contributed by atoms with Gasteiger partial charge in [-0.15, -0.1) is 0 Å². The van der Waals surface area contributed by atoms with Crippen molar-refractivity contribution in [3.05, 3.63) is 60.4 Å². The van der Waals surface area contributed by atoms with E-state index in [0.717, 1.165) is 49.1 Å². The van der Waals surface area contributed by atoms with Crippen molar-refractivity contribution >= 4 is 5.82 Å². The van der Waals surface area contributed by atoms with Gasteiger partial charge in [0.1, 0.15) is 18.2 Å². The Kier molecular flexibility index (Phi) is 4.93.